The average molecular weight is 408 g/mol. The maximum Gasteiger partial charge on any atom is 0.238 e. The van der Waals surface area contributed by atoms with Crippen molar-refractivity contribution in [3.05, 3.63) is 83.9 Å². The van der Waals surface area contributed by atoms with Crippen molar-refractivity contribution in [1.82, 2.24) is 0 Å². The van der Waals surface area contributed by atoms with Crippen molar-refractivity contribution in [3.63, 3.8) is 0 Å². The van der Waals surface area contributed by atoms with E-state index in [0.717, 1.165) is 5.56 Å². The lowest BCUT2D eigenvalue weighted by Gasteiger charge is -2.10. The molecule has 3 aromatic carbocycles. The third kappa shape index (κ3) is 5.07. The van der Waals surface area contributed by atoms with E-state index in [-0.39, 0.29) is 23.1 Å². The Bertz CT molecular complexity index is 1170. The monoisotopic (exact) mass is 408 g/mol. The van der Waals surface area contributed by atoms with Crippen molar-refractivity contribution < 1.29 is 13.2 Å². The van der Waals surface area contributed by atoms with Crippen LogP contribution in [-0.2, 0) is 21.2 Å². The Kier molecular flexibility index (Phi) is 5.76. The summed E-state index contributed by atoms with van der Waals surface area (Å²) in [6, 6.07) is 20.2. The molecule has 6 N–H and O–H groups in total. The number of carbonyl (C=O) groups is 1. The van der Waals surface area contributed by atoms with Gasteiger partial charge in [-0.15, -0.1) is 0 Å². The van der Waals surface area contributed by atoms with Gasteiger partial charge in [0.05, 0.1) is 11.3 Å². The largest absolute Gasteiger partial charge is 0.384 e. The number of anilines is 1. The van der Waals surface area contributed by atoms with Gasteiger partial charge in [-0.1, -0.05) is 48.5 Å². The molecule has 0 atom stereocenters. The average Bonchev–Trinajstić information content (AvgIpc) is 2.68. The molecule has 8 heteroatoms. The van der Waals surface area contributed by atoms with Crippen molar-refractivity contribution in [2.24, 2.45) is 10.9 Å². The number of nitrogens with one attached hydrogen (secondary N) is 2. The Labute approximate surface area is 168 Å². The van der Waals surface area contributed by atoms with Gasteiger partial charge in [-0.3, -0.25) is 10.2 Å². The smallest absolute Gasteiger partial charge is 0.238 e. The molecule has 0 heterocycles. The Morgan fingerprint density at radius 3 is 2.31 bits per heavy atom. The molecule has 0 aliphatic carbocycles. The normalized spacial score (nSPS) is 11.1. The summed E-state index contributed by atoms with van der Waals surface area (Å²) in [5, 5.41) is 15.6. The maximum absolute atomic E-state index is 12.3. The predicted octanol–water partition coefficient (Wildman–Crippen LogP) is 2.47. The second-order valence-electron chi connectivity index (χ2n) is 6.46. The minimum Gasteiger partial charge on any atom is -0.384 e. The summed E-state index contributed by atoms with van der Waals surface area (Å²) < 4.78 is 23.6. The first-order chi connectivity index (χ1) is 13.7. The Morgan fingerprint density at radius 2 is 1.66 bits per heavy atom. The molecule has 0 spiro atoms. The number of benzene rings is 3. The van der Waals surface area contributed by atoms with Gasteiger partial charge in [-0.25, -0.2) is 13.6 Å². The van der Waals surface area contributed by atoms with E-state index in [9.17, 15) is 13.2 Å². The van der Waals surface area contributed by atoms with Crippen LogP contribution in [0.3, 0.4) is 0 Å². The second-order valence-corrected chi connectivity index (χ2v) is 7.99. The van der Waals surface area contributed by atoms with Gasteiger partial charge in [-0.2, -0.15) is 0 Å². The summed E-state index contributed by atoms with van der Waals surface area (Å²) in [6.45, 7) is 0. The van der Waals surface area contributed by atoms with Crippen LogP contribution in [0.1, 0.15) is 11.1 Å². The molecule has 0 aliphatic rings. The van der Waals surface area contributed by atoms with Crippen molar-refractivity contribution in [1.29, 1.82) is 5.41 Å². The zero-order valence-corrected chi connectivity index (χ0v) is 16.2. The van der Waals surface area contributed by atoms with Crippen molar-refractivity contribution >= 4 is 27.5 Å². The zero-order valence-electron chi connectivity index (χ0n) is 15.4. The van der Waals surface area contributed by atoms with Gasteiger partial charge in [0.15, 0.2) is 0 Å². The van der Waals surface area contributed by atoms with E-state index in [1.807, 2.05) is 0 Å². The van der Waals surface area contributed by atoms with Crippen LogP contribution in [0, 0.1) is 5.41 Å². The molecule has 0 radical (unpaired) electrons. The van der Waals surface area contributed by atoms with E-state index in [2.05, 4.69) is 5.32 Å². The van der Waals surface area contributed by atoms with Gasteiger partial charge in [0, 0.05) is 16.8 Å². The van der Waals surface area contributed by atoms with E-state index in [4.69, 9.17) is 16.3 Å². The lowest BCUT2D eigenvalue weighted by Crippen LogP contribution is -2.16. The number of amides is 1. The molecule has 1 amide bonds. The molecule has 3 aromatic rings. The molecule has 0 saturated carbocycles. The molecule has 0 unspecified atom stereocenters. The topological polar surface area (TPSA) is 139 Å². The highest BCUT2D eigenvalue weighted by Crippen LogP contribution is 2.27. The fourth-order valence-electron chi connectivity index (χ4n) is 2.93. The molecule has 0 bridgehead atoms. The lowest BCUT2D eigenvalue weighted by molar-refractivity contribution is -0.115. The summed E-state index contributed by atoms with van der Waals surface area (Å²) >= 11 is 0. The van der Waals surface area contributed by atoms with Crippen molar-refractivity contribution in [3.8, 4) is 11.1 Å². The van der Waals surface area contributed by atoms with Gasteiger partial charge in [0.25, 0.3) is 0 Å². The highest BCUT2D eigenvalue weighted by atomic mass is 32.2. The quantitative estimate of drug-likeness (QED) is 0.367. The van der Waals surface area contributed by atoms with Crippen molar-refractivity contribution in [2.75, 3.05) is 5.32 Å². The Balaban J connectivity index is 1.74. The van der Waals surface area contributed by atoms with Gasteiger partial charge >= 0.3 is 0 Å². The second kappa shape index (κ2) is 8.26. The zero-order chi connectivity index (χ0) is 21.0. The molecule has 0 aliphatic heterocycles. The van der Waals surface area contributed by atoms with Crippen LogP contribution < -0.4 is 16.2 Å². The van der Waals surface area contributed by atoms with Crippen LogP contribution in [0.25, 0.3) is 11.1 Å². The van der Waals surface area contributed by atoms with E-state index in [1.54, 1.807) is 66.7 Å². The van der Waals surface area contributed by atoms with E-state index >= 15 is 0 Å². The van der Waals surface area contributed by atoms with E-state index < -0.39 is 10.0 Å². The Morgan fingerprint density at radius 1 is 0.966 bits per heavy atom. The van der Waals surface area contributed by atoms with Gasteiger partial charge in [0.2, 0.25) is 15.9 Å². The molecular formula is C21H20N4O3S. The molecule has 148 valence electrons. The molecule has 0 fully saturated rings. The van der Waals surface area contributed by atoms with Gasteiger partial charge in [0.1, 0.15) is 5.84 Å². The number of amidine groups is 1. The van der Waals surface area contributed by atoms with E-state index in [1.165, 1.54) is 6.07 Å². The van der Waals surface area contributed by atoms with Crippen LogP contribution in [0.4, 0.5) is 5.69 Å². The SMILES string of the molecule is N=C(N)c1cccc(CC(=O)Nc2ccc(-c3ccccc3S(N)(=O)=O)cc2)c1. The van der Waals surface area contributed by atoms with Crippen LogP contribution in [0.2, 0.25) is 0 Å². The molecule has 0 aromatic heterocycles. The standard InChI is InChI=1S/C21H20N4O3S/c22-21(23)16-5-3-4-14(12-16)13-20(26)25-17-10-8-15(9-11-17)18-6-1-2-7-19(18)29(24,27)28/h1-12H,13H2,(H3,22,23)(H,25,26)(H2,24,27,28). The van der Waals surface area contributed by atoms with E-state index in [0.29, 0.717) is 22.4 Å². The van der Waals surface area contributed by atoms with Gasteiger partial charge in [-0.05, 0) is 35.4 Å². The Hall–Kier alpha value is -3.49. The fraction of sp³-hybridized carbons (Fsp3) is 0.0476. The number of rotatable bonds is 6. The third-order valence-electron chi connectivity index (χ3n) is 4.28. The van der Waals surface area contributed by atoms with Crippen LogP contribution >= 0.6 is 0 Å². The number of nitrogens with two attached hydrogens (primary N) is 2. The number of carbonyl (C=O) groups excluding carboxylic acids is 1. The predicted molar refractivity (Wildman–Crippen MR) is 113 cm³/mol. The van der Waals surface area contributed by atoms with Crippen LogP contribution in [0.5, 0.6) is 0 Å². The maximum atomic E-state index is 12.3. The first kappa shape index (κ1) is 20.2. The summed E-state index contributed by atoms with van der Waals surface area (Å²) in [5.74, 6) is -0.272. The fourth-order valence-corrected chi connectivity index (χ4v) is 3.69. The molecule has 29 heavy (non-hydrogen) atoms. The molecule has 0 saturated heterocycles. The number of sulfonamides is 1. The van der Waals surface area contributed by atoms with Crippen molar-refractivity contribution in [2.45, 2.75) is 11.3 Å². The molecular weight excluding hydrogens is 388 g/mol. The lowest BCUT2D eigenvalue weighted by atomic mass is 10.1. The minimum atomic E-state index is -3.85. The van der Waals surface area contributed by atoms with Crippen LogP contribution in [-0.4, -0.2) is 20.2 Å². The number of nitrogen functional groups attached to an aromatic ring is 1. The first-order valence-electron chi connectivity index (χ1n) is 8.69. The highest BCUT2D eigenvalue weighted by Gasteiger charge is 2.14. The summed E-state index contributed by atoms with van der Waals surface area (Å²) in [7, 11) is -3.85. The highest BCUT2D eigenvalue weighted by molar-refractivity contribution is 7.89. The number of hydrogen-bond acceptors (Lipinski definition) is 4. The summed E-state index contributed by atoms with van der Waals surface area (Å²) in [5.41, 5.74) is 8.52. The molecule has 7 nitrogen and oxygen atoms in total. The molecule has 3 rings (SSSR count). The number of hydrogen-bond donors (Lipinski definition) is 4. The van der Waals surface area contributed by atoms with Gasteiger partial charge < -0.3 is 11.1 Å². The van der Waals surface area contributed by atoms with Crippen LogP contribution in [0.15, 0.2) is 77.7 Å². The first-order valence-corrected chi connectivity index (χ1v) is 10.2. The summed E-state index contributed by atoms with van der Waals surface area (Å²) in [6.07, 6.45) is 0.136. The minimum absolute atomic E-state index is 0.0436. The number of primary sulfonamides is 1. The third-order valence-corrected chi connectivity index (χ3v) is 5.24. The summed E-state index contributed by atoms with van der Waals surface area (Å²) in [4.78, 5) is 12.4.